The number of fused-ring (bicyclic) bond motifs is 2. The lowest BCUT2D eigenvalue weighted by Gasteiger charge is -2.40. The SMILES string of the molecule is Br.CC1N(S(=O)(=O)c2cccc(F)c2)c2ccc(C(=O)NCc3ccccc3Cl)cc2C12CCNCC2. The fraction of sp³-hybridized carbons (Fsp3) is 0.296. The molecule has 5 rings (SSSR count). The van der Waals surface area contributed by atoms with Crippen molar-refractivity contribution in [2.45, 2.75) is 42.7 Å². The molecule has 1 amide bonds. The van der Waals surface area contributed by atoms with E-state index in [-0.39, 0.29) is 34.3 Å². The number of sulfonamides is 1. The fourth-order valence-corrected chi connectivity index (χ4v) is 7.46. The van der Waals surface area contributed by atoms with Crippen molar-refractivity contribution in [2.75, 3.05) is 17.4 Å². The number of piperidine rings is 1. The molecule has 3 aromatic rings. The number of carbonyl (C=O) groups excluding carboxylic acids is 1. The molecule has 6 nitrogen and oxygen atoms in total. The molecule has 1 fully saturated rings. The van der Waals surface area contributed by atoms with E-state index in [1.54, 1.807) is 18.2 Å². The van der Waals surface area contributed by atoms with Gasteiger partial charge in [0.05, 0.1) is 16.6 Å². The molecule has 37 heavy (non-hydrogen) atoms. The third-order valence-electron chi connectivity index (χ3n) is 7.43. The van der Waals surface area contributed by atoms with E-state index < -0.39 is 27.3 Å². The van der Waals surface area contributed by atoms with E-state index in [0.29, 0.717) is 16.3 Å². The quantitative estimate of drug-likeness (QED) is 0.417. The number of anilines is 1. The normalized spacial score (nSPS) is 18.2. The van der Waals surface area contributed by atoms with E-state index in [1.165, 1.54) is 22.5 Å². The third-order valence-corrected chi connectivity index (χ3v) is 9.68. The standard InChI is InChI=1S/C27H27ClFN3O3S.BrH/c1-18-27(11-13-30-14-12-27)23-15-19(26(33)31-17-20-5-2-3-8-24(20)28)9-10-25(23)32(18)36(34,35)22-7-4-6-21(29)16-22;/h2-10,15-16,18,30H,11-14,17H2,1H3,(H,31,33);1H. The predicted octanol–water partition coefficient (Wildman–Crippen LogP) is 5.21. The fourth-order valence-electron chi connectivity index (χ4n) is 5.48. The Balaban J connectivity index is 0.00000320. The second-order valence-corrected chi connectivity index (χ2v) is 11.6. The average Bonchev–Trinajstić information content (AvgIpc) is 3.11. The third kappa shape index (κ3) is 4.90. The van der Waals surface area contributed by atoms with Gasteiger partial charge in [0.2, 0.25) is 0 Å². The Bertz CT molecular complexity index is 1430. The van der Waals surface area contributed by atoms with E-state index in [4.69, 9.17) is 11.6 Å². The average molecular weight is 609 g/mol. The monoisotopic (exact) mass is 607 g/mol. The highest BCUT2D eigenvalue weighted by Gasteiger charge is 2.53. The summed E-state index contributed by atoms with van der Waals surface area (Å²) in [6.07, 6.45) is 1.45. The maximum atomic E-state index is 13.9. The van der Waals surface area contributed by atoms with Gasteiger partial charge in [0.15, 0.2) is 0 Å². The summed E-state index contributed by atoms with van der Waals surface area (Å²) in [5.41, 5.74) is 2.18. The van der Waals surface area contributed by atoms with Gasteiger partial charge in [0, 0.05) is 22.5 Å². The molecular formula is C27H28BrClFN3O3S. The number of hydrogen-bond acceptors (Lipinski definition) is 4. The van der Waals surface area contributed by atoms with Gasteiger partial charge >= 0.3 is 0 Å². The van der Waals surface area contributed by atoms with Crippen molar-refractivity contribution < 1.29 is 17.6 Å². The molecule has 1 saturated heterocycles. The number of hydrogen-bond donors (Lipinski definition) is 2. The lowest BCUT2D eigenvalue weighted by Crippen LogP contribution is -2.50. The van der Waals surface area contributed by atoms with Crippen molar-refractivity contribution in [1.29, 1.82) is 0 Å². The van der Waals surface area contributed by atoms with Crippen molar-refractivity contribution in [3.8, 4) is 0 Å². The Labute approximate surface area is 232 Å². The highest BCUT2D eigenvalue weighted by Crippen LogP contribution is 2.52. The minimum atomic E-state index is -4.03. The van der Waals surface area contributed by atoms with Crippen LogP contribution in [0.5, 0.6) is 0 Å². The number of nitrogens with zero attached hydrogens (tertiary/aromatic N) is 1. The van der Waals surface area contributed by atoms with Crippen LogP contribution in [-0.2, 0) is 22.0 Å². The van der Waals surface area contributed by atoms with Crippen LogP contribution in [0, 0.1) is 5.82 Å². The second kappa shape index (κ2) is 10.7. The van der Waals surface area contributed by atoms with Gasteiger partial charge in [-0.25, -0.2) is 12.8 Å². The van der Waals surface area contributed by atoms with Gasteiger partial charge in [0.1, 0.15) is 5.82 Å². The molecule has 2 N–H and O–H groups in total. The summed E-state index contributed by atoms with van der Waals surface area (Å²) in [5, 5.41) is 6.84. The minimum Gasteiger partial charge on any atom is -0.348 e. The van der Waals surface area contributed by atoms with Crippen molar-refractivity contribution in [3.63, 3.8) is 0 Å². The van der Waals surface area contributed by atoms with Crippen LogP contribution in [0.4, 0.5) is 10.1 Å². The smallest absolute Gasteiger partial charge is 0.264 e. The Morgan fingerprint density at radius 2 is 1.84 bits per heavy atom. The molecule has 0 bridgehead atoms. The van der Waals surface area contributed by atoms with Crippen LogP contribution in [-0.4, -0.2) is 33.5 Å². The number of halogens is 3. The molecule has 3 aromatic carbocycles. The first-order valence-corrected chi connectivity index (χ1v) is 13.7. The van der Waals surface area contributed by atoms with Gasteiger partial charge in [-0.05, 0) is 86.4 Å². The van der Waals surface area contributed by atoms with Crippen LogP contribution >= 0.6 is 28.6 Å². The summed E-state index contributed by atoms with van der Waals surface area (Å²) < 4.78 is 42.8. The molecule has 2 heterocycles. The van der Waals surface area contributed by atoms with Crippen LogP contribution in [0.3, 0.4) is 0 Å². The van der Waals surface area contributed by atoms with Gasteiger partial charge in [-0.3, -0.25) is 9.10 Å². The van der Waals surface area contributed by atoms with Crippen molar-refractivity contribution in [2.24, 2.45) is 0 Å². The number of carbonyl (C=O) groups is 1. The van der Waals surface area contributed by atoms with Gasteiger partial charge in [-0.2, -0.15) is 0 Å². The first-order chi connectivity index (χ1) is 17.2. The van der Waals surface area contributed by atoms with E-state index in [0.717, 1.165) is 43.1 Å². The summed E-state index contributed by atoms with van der Waals surface area (Å²) in [4.78, 5) is 13.0. The highest BCUT2D eigenvalue weighted by molar-refractivity contribution is 8.93. The van der Waals surface area contributed by atoms with E-state index in [1.807, 2.05) is 31.2 Å². The number of nitrogens with one attached hydrogen (secondary N) is 2. The molecule has 196 valence electrons. The molecule has 0 saturated carbocycles. The molecule has 0 aliphatic carbocycles. The van der Waals surface area contributed by atoms with E-state index in [2.05, 4.69) is 10.6 Å². The van der Waals surface area contributed by atoms with Gasteiger partial charge in [-0.15, -0.1) is 17.0 Å². The molecule has 0 aromatic heterocycles. The first kappa shape index (κ1) is 27.6. The van der Waals surface area contributed by atoms with Crippen LogP contribution < -0.4 is 14.9 Å². The largest absolute Gasteiger partial charge is 0.348 e. The Kier molecular flexibility index (Phi) is 7.99. The Morgan fingerprint density at radius 3 is 2.54 bits per heavy atom. The lowest BCUT2D eigenvalue weighted by molar-refractivity contribution is 0.0950. The molecule has 2 aliphatic rings. The zero-order valence-electron chi connectivity index (χ0n) is 20.2. The Hall–Kier alpha value is -2.46. The second-order valence-electron chi connectivity index (χ2n) is 9.35. The molecule has 10 heteroatoms. The van der Waals surface area contributed by atoms with Crippen molar-refractivity contribution >= 4 is 50.2 Å². The van der Waals surface area contributed by atoms with Crippen LogP contribution in [0.15, 0.2) is 71.6 Å². The maximum absolute atomic E-state index is 13.9. The molecule has 2 aliphatic heterocycles. The van der Waals surface area contributed by atoms with Gasteiger partial charge in [-0.1, -0.05) is 35.9 Å². The topological polar surface area (TPSA) is 78.5 Å². The summed E-state index contributed by atoms with van der Waals surface area (Å²) >= 11 is 6.22. The van der Waals surface area contributed by atoms with Gasteiger partial charge < -0.3 is 10.6 Å². The summed E-state index contributed by atoms with van der Waals surface area (Å²) in [6.45, 7) is 3.65. The zero-order valence-corrected chi connectivity index (χ0v) is 23.5. The molecule has 1 spiro atoms. The van der Waals surface area contributed by atoms with Crippen molar-refractivity contribution in [1.82, 2.24) is 10.6 Å². The molecule has 1 atom stereocenters. The maximum Gasteiger partial charge on any atom is 0.264 e. The minimum absolute atomic E-state index is 0. The van der Waals surface area contributed by atoms with E-state index in [9.17, 15) is 17.6 Å². The first-order valence-electron chi connectivity index (χ1n) is 11.9. The van der Waals surface area contributed by atoms with Crippen LogP contribution in [0.2, 0.25) is 5.02 Å². The van der Waals surface area contributed by atoms with Gasteiger partial charge in [0.25, 0.3) is 15.9 Å². The van der Waals surface area contributed by atoms with Crippen LogP contribution in [0.25, 0.3) is 0 Å². The predicted molar refractivity (Wildman–Crippen MR) is 149 cm³/mol. The zero-order chi connectivity index (χ0) is 25.5. The van der Waals surface area contributed by atoms with Crippen molar-refractivity contribution in [3.05, 3.63) is 94.3 Å². The number of benzene rings is 3. The summed E-state index contributed by atoms with van der Waals surface area (Å²) in [7, 11) is -4.03. The molecule has 1 unspecified atom stereocenters. The molecular weight excluding hydrogens is 581 g/mol. The lowest BCUT2D eigenvalue weighted by atomic mass is 9.70. The number of rotatable bonds is 5. The molecule has 0 radical (unpaired) electrons. The Morgan fingerprint density at radius 1 is 1.11 bits per heavy atom. The van der Waals surface area contributed by atoms with Crippen LogP contribution in [0.1, 0.15) is 41.3 Å². The van der Waals surface area contributed by atoms with E-state index >= 15 is 0 Å². The summed E-state index contributed by atoms with van der Waals surface area (Å²) in [5.74, 6) is -0.869. The summed E-state index contributed by atoms with van der Waals surface area (Å²) in [6, 6.07) is 17.2. The highest BCUT2D eigenvalue weighted by atomic mass is 79.9. The number of amides is 1.